The Morgan fingerprint density at radius 2 is 2.00 bits per heavy atom. The minimum absolute atomic E-state index is 0.269. The van der Waals surface area contributed by atoms with Gasteiger partial charge in [-0.25, -0.2) is 4.79 Å². The second-order valence-electron chi connectivity index (χ2n) is 3.78. The Morgan fingerprint density at radius 3 is 2.31 bits per heavy atom. The zero-order chi connectivity index (χ0) is 10.5. The van der Waals surface area contributed by atoms with Crippen molar-refractivity contribution in [2.24, 2.45) is 0 Å². The maximum Gasteiger partial charge on any atom is 0.409 e. The molecule has 0 radical (unpaired) electrons. The molecule has 0 aliphatic rings. The topological polar surface area (TPSA) is 47.6 Å². The van der Waals surface area contributed by atoms with E-state index in [1.54, 1.807) is 7.11 Å². The van der Waals surface area contributed by atoms with Gasteiger partial charge >= 0.3 is 6.09 Å². The van der Waals surface area contributed by atoms with Gasteiger partial charge in [0.05, 0.1) is 0 Å². The molecule has 1 N–H and O–H groups in total. The van der Waals surface area contributed by atoms with E-state index in [4.69, 9.17) is 9.47 Å². The molecule has 4 heteroatoms. The lowest BCUT2D eigenvalue weighted by molar-refractivity contribution is 0.0228. The predicted octanol–water partition coefficient (Wildman–Crippen LogP) is 1.89. The van der Waals surface area contributed by atoms with Crippen LogP contribution in [0.25, 0.3) is 0 Å². The first-order valence-corrected chi connectivity index (χ1v) is 4.41. The smallest absolute Gasteiger partial charge is 0.409 e. The van der Waals surface area contributed by atoms with Gasteiger partial charge < -0.3 is 9.47 Å². The molecule has 13 heavy (non-hydrogen) atoms. The lowest BCUT2D eigenvalue weighted by atomic mass is 10.2. The number of rotatable bonds is 3. The summed E-state index contributed by atoms with van der Waals surface area (Å²) < 4.78 is 10.0. The molecular formula is C9H19NO3. The second-order valence-corrected chi connectivity index (χ2v) is 3.78. The third-order valence-corrected chi connectivity index (χ3v) is 1.33. The molecule has 0 fully saturated rings. The fourth-order valence-electron chi connectivity index (χ4n) is 0.767. The summed E-state index contributed by atoms with van der Waals surface area (Å²) in [6.07, 6.45) is 0.00601. The van der Waals surface area contributed by atoms with Crippen molar-refractivity contribution in [1.82, 2.24) is 5.32 Å². The molecule has 0 aromatic heterocycles. The van der Waals surface area contributed by atoms with Crippen LogP contribution >= 0.6 is 0 Å². The number of ether oxygens (including phenoxy) is 2. The van der Waals surface area contributed by atoms with Gasteiger partial charge in [-0.15, -0.1) is 0 Å². The second kappa shape index (κ2) is 5.07. The van der Waals surface area contributed by atoms with E-state index in [0.29, 0.717) is 0 Å². The van der Waals surface area contributed by atoms with Crippen LogP contribution in [0, 0.1) is 0 Å². The largest absolute Gasteiger partial charge is 0.444 e. The number of carbonyl (C=O) groups excluding carboxylic acids is 1. The fraction of sp³-hybridized carbons (Fsp3) is 0.889. The first-order chi connectivity index (χ1) is 5.89. The van der Waals surface area contributed by atoms with E-state index in [0.717, 1.165) is 6.42 Å². The molecule has 0 saturated heterocycles. The predicted molar refractivity (Wildman–Crippen MR) is 50.5 cm³/mol. The van der Waals surface area contributed by atoms with Gasteiger partial charge in [0.2, 0.25) is 0 Å². The van der Waals surface area contributed by atoms with Gasteiger partial charge in [-0.1, -0.05) is 6.92 Å². The van der Waals surface area contributed by atoms with Crippen LogP contribution in [0.4, 0.5) is 4.79 Å². The van der Waals surface area contributed by atoms with Crippen molar-refractivity contribution in [3.63, 3.8) is 0 Å². The van der Waals surface area contributed by atoms with Crippen LogP contribution in [0.15, 0.2) is 0 Å². The van der Waals surface area contributed by atoms with Gasteiger partial charge in [0.15, 0.2) is 0 Å². The summed E-state index contributed by atoms with van der Waals surface area (Å²) in [6.45, 7) is 7.38. The fourth-order valence-corrected chi connectivity index (χ4v) is 0.767. The van der Waals surface area contributed by atoms with Gasteiger partial charge in [0, 0.05) is 7.11 Å². The van der Waals surface area contributed by atoms with Crippen LogP contribution < -0.4 is 5.32 Å². The molecule has 0 aromatic carbocycles. The van der Waals surface area contributed by atoms with Gasteiger partial charge in [-0.3, -0.25) is 5.32 Å². The highest BCUT2D eigenvalue weighted by atomic mass is 16.6. The van der Waals surface area contributed by atoms with Gasteiger partial charge in [0.25, 0.3) is 0 Å². The Kier molecular flexibility index (Phi) is 4.77. The van der Waals surface area contributed by atoms with E-state index in [1.165, 1.54) is 0 Å². The molecule has 78 valence electrons. The SMILES string of the molecule is CC[C@@H](NC(=O)OC(C)(C)C)OC. The summed E-state index contributed by atoms with van der Waals surface area (Å²) in [5.74, 6) is 0. The summed E-state index contributed by atoms with van der Waals surface area (Å²) in [5.41, 5.74) is -0.462. The van der Waals surface area contributed by atoms with Gasteiger partial charge in [-0.2, -0.15) is 0 Å². The van der Waals surface area contributed by atoms with Crippen LogP contribution in [0.1, 0.15) is 34.1 Å². The first kappa shape index (κ1) is 12.2. The molecular weight excluding hydrogens is 170 g/mol. The number of hydrogen-bond donors (Lipinski definition) is 1. The lowest BCUT2D eigenvalue weighted by Gasteiger charge is -2.22. The highest BCUT2D eigenvalue weighted by molar-refractivity contribution is 5.67. The first-order valence-electron chi connectivity index (χ1n) is 4.41. The Morgan fingerprint density at radius 1 is 1.46 bits per heavy atom. The monoisotopic (exact) mass is 189 g/mol. The van der Waals surface area contributed by atoms with E-state index in [2.05, 4.69) is 5.32 Å². The van der Waals surface area contributed by atoms with Crippen molar-refractivity contribution in [2.75, 3.05) is 7.11 Å². The van der Waals surface area contributed by atoms with E-state index in [1.807, 2.05) is 27.7 Å². The number of nitrogens with one attached hydrogen (secondary N) is 1. The highest BCUT2D eigenvalue weighted by Crippen LogP contribution is 2.07. The third-order valence-electron chi connectivity index (χ3n) is 1.33. The summed E-state index contributed by atoms with van der Waals surface area (Å²) in [6, 6.07) is 0. The summed E-state index contributed by atoms with van der Waals surface area (Å²) in [5, 5.41) is 2.59. The van der Waals surface area contributed by atoms with Crippen LogP contribution in [0.2, 0.25) is 0 Å². The molecule has 0 unspecified atom stereocenters. The molecule has 0 aliphatic heterocycles. The molecule has 0 aromatic rings. The average Bonchev–Trinajstić information content (AvgIpc) is 1.96. The van der Waals surface area contributed by atoms with Crippen LogP contribution in [0.5, 0.6) is 0 Å². The summed E-state index contributed by atoms with van der Waals surface area (Å²) in [7, 11) is 1.55. The third kappa shape index (κ3) is 6.40. The average molecular weight is 189 g/mol. The molecule has 0 saturated carbocycles. The Labute approximate surface area is 79.6 Å². The number of hydrogen-bond acceptors (Lipinski definition) is 3. The normalized spacial score (nSPS) is 13.6. The van der Waals surface area contributed by atoms with E-state index >= 15 is 0 Å². The van der Waals surface area contributed by atoms with Crippen molar-refractivity contribution in [3.05, 3.63) is 0 Å². The Bertz CT molecular complexity index is 159. The van der Waals surface area contributed by atoms with E-state index in [-0.39, 0.29) is 6.23 Å². The van der Waals surface area contributed by atoms with Crippen LogP contribution in [-0.4, -0.2) is 25.0 Å². The minimum Gasteiger partial charge on any atom is -0.444 e. The van der Waals surface area contributed by atoms with E-state index < -0.39 is 11.7 Å². The minimum atomic E-state index is -0.462. The molecule has 0 heterocycles. The van der Waals surface area contributed by atoms with Crippen molar-refractivity contribution in [1.29, 1.82) is 0 Å². The number of methoxy groups -OCH3 is 1. The standard InChI is InChI=1S/C9H19NO3/c1-6-7(12-5)10-8(11)13-9(2,3)4/h7H,6H2,1-5H3,(H,10,11)/t7-/m0/s1. The lowest BCUT2D eigenvalue weighted by Crippen LogP contribution is -2.39. The number of alkyl carbamates (subject to hydrolysis) is 1. The molecule has 4 nitrogen and oxygen atoms in total. The molecule has 1 atom stereocenters. The summed E-state index contributed by atoms with van der Waals surface area (Å²) >= 11 is 0. The van der Waals surface area contributed by atoms with Crippen molar-refractivity contribution in [3.8, 4) is 0 Å². The van der Waals surface area contributed by atoms with Gasteiger partial charge in [-0.05, 0) is 27.2 Å². The molecule has 0 rings (SSSR count). The maximum absolute atomic E-state index is 11.2. The van der Waals surface area contributed by atoms with Crippen LogP contribution in [0.3, 0.4) is 0 Å². The molecule has 0 bridgehead atoms. The number of carbonyl (C=O) groups is 1. The van der Waals surface area contributed by atoms with Crippen molar-refractivity contribution < 1.29 is 14.3 Å². The Hall–Kier alpha value is -0.770. The van der Waals surface area contributed by atoms with E-state index in [9.17, 15) is 4.79 Å². The Balaban J connectivity index is 3.86. The summed E-state index contributed by atoms with van der Waals surface area (Å²) in [4.78, 5) is 11.2. The van der Waals surface area contributed by atoms with Crippen molar-refractivity contribution in [2.45, 2.75) is 45.9 Å². The van der Waals surface area contributed by atoms with Gasteiger partial charge in [0.1, 0.15) is 11.8 Å². The molecule has 0 spiro atoms. The van der Waals surface area contributed by atoms with Crippen LogP contribution in [-0.2, 0) is 9.47 Å². The van der Waals surface area contributed by atoms with Crippen molar-refractivity contribution >= 4 is 6.09 Å². The maximum atomic E-state index is 11.2. The molecule has 1 amide bonds. The highest BCUT2D eigenvalue weighted by Gasteiger charge is 2.18. The zero-order valence-corrected chi connectivity index (χ0v) is 9.01. The molecule has 0 aliphatic carbocycles. The number of amides is 1. The zero-order valence-electron chi connectivity index (χ0n) is 9.01. The quantitative estimate of drug-likeness (QED) is 0.690.